The molecular formula is C33H33F3N4O6S. The fraction of sp³-hybridized carbons (Fsp3) is 0.273. The van der Waals surface area contributed by atoms with Crippen molar-refractivity contribution in [2.75, 3.05) is 0 Å². The molecule has 0 bridgehead atoms. The first-order chi connectivity index (χ1) is 22.2. The minimum absolute atomic E-state index is 0.0123. The van der Waals surface area contributed by atoms with Crippen molar-refractivity contribution in [1.82, 2.24) is 19.8 Å². The Hall–Kier alpha value is -4.98. The minimum atomic E-state index is -4.64. The van der Waals surface area contributed by atoms with E-state index in [-0.39, 0.29) is 29.1 Å². The molecule has 10 nitrogen and oxygen atoms in total. The number of halogens is 3. The Kier molecular flexibility index (Phi) is 10.9. The Bertz CT molecular complexity index is 1870. The van der Waals surface area contributed by atoms with Crippen LogP contribution in [-0.2, 0) is 45.2 Å². The number of nitrogens with zero attached hydrogens (tertiary/aromatic N) is 2. The van der Waals surface area contributed by atoms with E-state index in [0.717, 1.165) is 25.0 Å². The second-order valence-electron chi connectivity index (χ2n) is 10.9. The van der Waals surface area contributed by atoms with E-state index < -0.39 is 52.0 Å². The van der Waals surface area contributed by atoms with Crippen molar-refractivity contribution < 1.29 is 41.1 Å². The van der Waals surface area contributed by atoms with Crippen LogP contribution in [0.1, 0.15) is 59.6 Å². The number of benzene rings is 3. The van der Waals surface area contributed by atoms with Crippen molar-refractivity contribution >= 4 is 27.8 Å². The van der Waals surface area contributed by atoms with E-state index in [1.54, 1.807) is 53.2 Å². The van der Waals surface area contributed by atoms with E-state index in [4.69, 9.17) is 0 Å². The fourth-order valence-electron chi connectivity index (χ4n) is 5.19. The van der Waals surface area contributed by atoms with Gasteiger partial charge in [0.1, 0.15) is 5.69 Å². The predicted molar refractivity (Wildman–Crippen MR) is 167 cm³/mol. The molecule has 0 saturated carbocycles. The van der Waals surface area contributed by atoms with Crippen molar-refractivity contribution in [3.8, 4) is 11.1 Å². The number of carbonyl (C=O) groups excluding carboxylic acids is 2. The van der Waals surface area contributed by atoms with E-state index in [9.17, 15) is 41.1 Å². The van der Waals surface area contributed by atoms with E-state index in [1.165, 1.54) is 24.3 Å². The number of alkyl halides is 3. The molecule has 1 aromatic heterocycles. The van der Waals surface area contributed by atoms with Gasteiger partial charge in [0.25, 0.3) is 15.9 Å². The van der Waals surface area contributed by atoms with E-state index >= 15 is 0 Å². The first-order valence-corrected chi connectivity index (χ1v) is 16.1. The van der Waals surface area contributed by atoms with Gasteiger partial charge in [0, 0.05) is 24.2 Å². The lowest BCUT2D eigenvalue weighted by atomic mass is 9.98. The smallest absolute Gasteiger partial charge is 0.416 e. The van der Waals surface area contributed by atoms with Gasteiger partial charge in [-0.15, -0.1) is 0 Å². The molecule has 4 rings (SSSR count). The normalized spacial score (nSPS) is 12.4. The third kappa shape index (κ3) is 9.06. The van der Waals surface area contributed by atoms with Crippen LogP contribution in [0.2, 0.25) is 0 Å². The molecule has 4 aromatic rings. The molecule has 3 aromatic carbocycles. The molecule has 47 heavy (non-hydrogen) atoms. The molecule has 0 aliphatic rings. The van der Waals surface area contributed by atoms with Crippen LogP contribution in [0.4, 0.5) is 13.2 Å². The maximum atomic E-state index is 13.5. The molecule has 0 aliphatic carbocycles. The van der Waals surface area contributed by atoms with Gasteiger partial charge < -0.3 is 10.4 Å². The van der Waals surface area contributed by atoms with Crippen LogP contribution in [0.3, 0.4) is 0 Å². The zero-order valence-electron chi connectivity index (χ0n) is 25.5. The summed E-state index contributed by atoms with van der Waals surface area (Å²) >= 11 is 0. The van der Waals surface area contributed by atoms with Crippen LogP contribution < -0.4 is 10.0 Å². The number of sulfonamides is 1. The number of hydrogen-bond donors (Lipinski definition) is 3. The number of aromatic nitrogens is 2. The molecular weight excluding hydrogens is 637 g/mol. The number of nitrogens with one attached hydrogen (secondary N) is 2. The highest BCUT2D eigenvalue weighted by Crippen LogP contribution is 2.33. The van der Waals surface area contributed by atoms with E-state index in [0.29, 0.717) is 23.2 Å². The summed E-state index contributed by atoms with van der Waals surface area (Å²) in [6, 6.07) is 18.5. The van der Waals surface area contributed by atoms with Gasteiger partial charge in [-0.3, -0.25) is 19.1 Å². The lowest BCUT2D eigenvalue weighted by Crippen LogP contribution is -2.38. The van der Waals surface area contributed by atoms with Gasteiger partial charge >= 0.3 is 12.1 Å². The van der Waals surface area contributed by atoms with Crippen molar-refractivity contribution in [2.24, 2.45) is 0 Å². The van der Waals surface area contributed by atoms with Gasteiger partial charge in [0.15, 0.2) is 0 Å². The molecule has 248 valence electrons. The summed E-state index contributed by atoms with van der Waals surface area (Å²) in [7, 11) is -4.09. The number of hydrogen-bond acceptors (Lipinski definition) is 6. The summed E-state index contributed by atoms with van der Waals surface area (Å²) in [5.74, 6) is -2.71. The summed E-state index contributed by atoms with van der Waals surface area (Å²) in [6.45, 7) is 3.30. The highest BCUT2D eigenvalue weighted by Gasteiger charge is 2.34. The summed E-state index contributed by atoms with van der Waals surface area (Å²) < 4.78 is 69.7. The average molecular weight is 671 g/mol. The first kappa shape index (κ1) is 34.9. The number of aryl methyl sites for hydroxylation is 1. The molecule has 0 fully saturated rings. The second-order valence-corrected chi connectivity index (χ2v) is 12.6. The third-order valence-electron chi connectivity index (χ3n) is 7.20. The quantitative estimate of drug-likeness (QED) is 0.177. The fourth-order valence-corrected chi connectivity index (χ4v) is 6.41. The van der Waals surface area contributed by atoms with Crippen molar-refractivity contribution in [1.29, 1.82) is 0 Å². The Morgan fingerprint density at radius 3 is 2.28 bits per heavy atom. The summed E-state index contributed by atoms with van der Waals surface area (Å²) in [5, 5.41) is 16.4. The van der Waals surface area contributed by atoms with Crippen LogP contribution in [0.15, 0.2) is 83.8 Å². The standard InChI is InChI=1S/C33H33F3N4O6S/c1-3-8-26-19-29(32(44)37-25(18-31(42)43)17-24-9-4-6-11-28(24)33(34,35)36)38-40(26)20-22-13-15-23(16-14-22)27-10-5-7-12-30(27)47(45,46)39-21(2)41/h4-7,9-16,19,25H,3,8,17-18,20H2,1-2H3,(H,37,44)(H,39,41)(H,42,43). The van der Waals surface area contributed by atoms with Crippen molar-refractivity contribution in [2.45, 2.75) is 63.2 Å². The maximum Gasteiger partial charge on any atom is 0.416 e. The van der Waals surface area contributed by atoms with E-state index in [2.05, 4.69) is 10.4 Å². The number of carbonyl (C=O) groups is 3. The van der Waals surface area contributed by atoms with Gasteiger partial charge in [-0.25, -0.2) is 13.1 Å². The highest BCUT2D eigenvalue weighted by atomic mass is 32.2. The summed E-state index contributed by atoms with van der Waals surface area (Å²) in [6.07, 6.45) is -4.31. The van der Waals surface area contributed by atoms with Gasteiger partial charge in [0.05, 0.1) is 23.4 Å². The number of rotatable bonds is 13. The lowest BCUT2D eigenvalue weighted by molar-refractivity contribution is -0.138. The van der Waals surface area contributed by atoms with Crippen LogP contribution >= 0.6 is 0 Å². The van der Waals surface area contributed by atoms with Gasteiger partial charge in [-0.05, 0) is 47.7 Å². The van der Waals surface area contributed by atoms with Crippen LogP contribution in [0.25, 0.3) is 11.1 Å². The zero-order chi connectivity index (χ0) is 34.4. The second kappa shape index (κ2) is 14.6. The Balaban J connectivity index is 1.55. The van der Waals surface area contributed by atoms with Gasteiger partial charge in [-0.2, -0.15) is 18.3 Å². The Morgan fingerprint density at radius 2 is 1.64 bits per heavy atom. The molecule has 14 heteroatoms. The lowest BCUT2D eigenvalue weighted by Gasteiger charge is -2.19. The zero-order valence-corrected chi connectivity index (χ0v) is 26.4. The van der Waals surface area contributed by atoms with Crippen LogP contribution in [-0.4, -0.2) is 47.1 Å². The Morgan fingerprint density at radius 1 is 0.979 bits per heavy atom. The molecule has 1 unspecified atom stereocenters. The number of aliphatic carboxylic acids is 1. The Labute approximate surface area is 269 Å². The van der Waals surface area contributed by atoms with Gasteiger partial charge in [0.2, 0.25) is 5.91 Å². The summed E-state index contributed by atoms with van der Waals surface area (Å²) in [5.41, 5.74) is 1.42. The molecule has 0 saturated heterocycles. The molecule has 0 aliphatic heterocycles. The average Bonchev–Trinajstić information content (AvgIpc) is 3.39. The monoisotopic (exact) mass is 670 g/mol. The molecule has 0 spiro atoms. The predicted octanol–water partition coefficient (Wildman–Crippen LogP) is 5.21. The molecule has 1 atom stereocenters. The van der Waals surface area contributed by atoms with Crippen molar-refractivity contribution in [3.63, 3.8) is 0 Å². The first-order valence-electron chi connectivity index (χ1n) is 14.6. The molecule has 0 radical (unpaired) electrons. The molecule has 1 heterocycles. The van der Waals surface area contributed by atoms with E-state index in [1.807, 2.05) is 11.6 Å². The summed E-state index contributed by atoms with van der Waals surface area (Å²) in [4.78, 5) is 36.2. The number of amides is 2. The molecule has 2 amide bonds. The van der Waals surface area contributed by atoms with Gasteiger partial charge in [-0.1, -0.05) is 74.0 Å². The topological polar surface area (TPSA) is 147 Å². The van der Waals surface area contributed by atoms with Crippen molar-refractivity contribution in [3.05, 3.63) is 107 Å². The number of carboxylic acid groups (broad SMARTS) is 1. The SMILES string of the molecule is CCCc1cc(C(=O)NC(CC(=O)O)Cc2ccccc2C(F)(F)F)nn1Cc1ccc(-c2ccccc2S(=O)(=O)NC(C)=O)cc1. The highest BCUT2D eigenvalue weighted by molar-refractivity contribution is 7.90. The minimum Gasteiger partial charge on any atom is -0.481 e. The third-order valence-corrected chi connectivity index (χ3v) is 8.69. The largest absolute Gasteiger partial charge is 0.481 e. The maximum absolute atomic E-state index is 13.5. The van der Waals surface area contributed by atoms with Crippen LogP contribution in [0, 0.1) is 0 Å². The number of carboxylic acids is 1. The van der Waals surface area contributed by atoms with Crippen LogP contribution in [0.5, 0.6) is 0 Å². The molecule has 3 N–H and O–H groups in total.